The number of urea groups is 1. The molecule has 1 unspecified atom stereocenters. The van der Waals surface area contributed by atoms with Crippen molar-refractivity contribution >= 4 is 29.2 Å². The molecule has 0 aromatic heterocycles. The van der Waals surface area contributed by atoms with Gasteiger partial charge in [0.2, 0.25) is 0 Å². The Bertz CT molecular complexity index is 582. The van der Waals surface area contributed by atoms with E-state index in [1.165, 1.54) is 0 Å². The highest BCUT2D eigenvalue weighted by Gasteiger charge is 2.31. The number of nitrogens with one attached hydrogen (secondary N) is 1. The maximum Gasteiger partial charge on any atom is 0.321 e. The maximum absolute atomic E-state index is 12.3. The molecule has 2 aliphatic heterocycles. The van der Waals surface area contributed by atoms with E-state index in [1.54, 1.807) is 34.1 Å². The molecule has 0 radical (unpaired) electrons. The van der Waals surface area contributed by atoms with Crippen molar-refractivity contribution < 1.29 is 14.3 Å². The number of piperazine rings is 1. The van der Waals surface area contributed by atoms with Crippen molar-refractivity contribution in [1.82, 2.24) is 9.80 Å². The van der Waals surface area contributed by atoms with Crippen molar-refractivity contribution in [3.63, 3.8) is 0 Å². The van der Waals surface area contributed by atoms with Gasteiger partial charge in [-0.25, -0.2) is 4.79 Å². The van der Waals surface area contributed by atoms with Crippen LogP contribution in [0.25, 0.3) is 0 Å². The summed E-state index contributed by atoms with van der Waals surface area (Å²) in [5, 5.41) is 3.40. The third-order valence-corrected chi connectivity index (χ3v) is 4.39. The molecule has 7 heteroatoms. The summed E-state index contributed by atoms with van der Waals surface area (Å²) in [5.74, 6) is 0.0531. The molecule has 2 aliphatic rings. The van der Waals surface area contributed by atoms with Crippen LogP contribution in [-0.2, 0) is 9.53 Å². The van der Waals surface area contributed by atoms with Crippen LogP contribution in [0.3, 0.4) is 0 Å². The van der Waals surface area contributed by atoms with E-state index in [2.05, 4.69) is 5.32 Å². The Kier molecular flexibility index (Phi) is 5.03. The number of nitrogens with zero attached hydrogens (tertiary/aromatic N) is 2. The first-order valence-corrected chi connectivity index (χ1v) is 8.23. The summed E-state index contributed by atoms with van der Waals surface area (Å²) in [6, 6.07) is 6.87. The monoisotopic (exact) mass is 337 g/mol. The Labute approximate surface area is 140 Å². The Morgan fingerprint density at radius 1 is 1.17 bits per heavy atom. The lowest BCUT2D eigenvalue weighted by molar-refractivity contribution is -0.142. The largest absolute Gasteiger partial charge is 0.368 e. The summed E-state index contributed by atoms with van der Waals surface area (Å²) < 4.78 is 5.44. The molecule has 1 N–H and O–H groups in total. The lowest BCUT2D eigenvalue weighted by Gasteiger charge is -2.35. The van der Waals surface area contributed by atoms with Crippen molar-refractivity contribution in [3.8, 4) is 0 Å². The summed E-state index contributed by atoms with van der Waals surface area (Å²) in [4.78, 5) is 28.0. The highest BCUT2D eigenvalue weighted by Crippen LogP contribution is 2.17. The van der Waals surface area contributed by atoms with Gasteiger partial charge in [0.25, 0.3) is 5.91 Å². The Balaban J connectivity index is 1.50. The van der Waals surface area contributed by atoms with Gasteiger partial charge in [-0.3, -0.25) is 4.79 Å². The number of amides is 3. The summed E-state index contributed by atoms with van der Waals surface area (Å²) >= 11 is 5.91. The van der Waals surface area contributed by atoms with Gasteiger partial charge in [0, 0.05) is 43.5 Å². The van der Waals surface area contributed by atoms with Gasteiger partial charge in [0.1, 0.15) is 6.10 Å². The van der Waals surface area contributed by atoms with Crippen molar-refractivity contribution in [2.45, 2.75) is 18.9 Å². The predicted molar refractivity (Wildman–Crippen MR) is 87.6 cm³/mol. The van der Waals surface area contributed by atoms with Crippen LogP contribution in [0.5, 0.6) is 0 Å². The second-order valence-electron chi connectivity index (χ2n) is 5.75. The predicted octanol–water partition coefficient (Wildman–Crippen LogP) is 2.20. The number of benzene rings is 1. The first kappa shape index (κ1) is 16.1. The SMILES string of the molecule is O=C(Nc1cccc(Cl)c1)N1CCN(C(=O)C2CCCO2)CC1. The molecule has 0 bridgehead atoms. The lowest BCUT2D eigenvalue weighted by Crippen LogP contribution is -2.53. The van der Waals surface area contributed by atoms with Gasteiger partial charge in [0.05, 0.1) is 0 Å². The molecule has 2 saturated heterocycles. The number of halogens is 1. The number of hydrogen-bond donors (Lipinski definition) is 1. The van der Waals surface area contributed by atoms with Crippen molar-refractivity contribution in [2.75, 3.05) is 38.1 Å². The highest BCUT2D eigenvalue weighted by atomic mass is 35.5. The van der Waals surface area contributed by atoms with Crippen LogP contribution in [0.2, 0.25) is 5.02 Å². The molecule has 1 aromatic carbocycles. The summed E-state index contributed by atoms with van der Waals surface area (Å²) in [7, 11) is 0. The number of carbonyl (C=O) groups is 2. The quantitative estimate of drug-likeness (QED) is 0.900. The topological polar surface area (TPSA) is 61.9 Å². The molecule has 1 aromatic rings. The third kappa shape index (κ3) is 3.95. The summed E-state index contributed by atoms with van der Waals surface area (Å²) in [6.45, 7) is 2.79. The normalized spacial score (nSPS) is 21.3. The van der Waals surface area contributed by atoms with E-state index in [-0.39, 0.29) is 18.0 Å². The zero-order valence-electron chi connectivity index (χ0n) is 12.8. The number of rotatable bonds is 2. The van der Waals surface area contributed by atoms with E-state index in [9.17, 15) is 9.59 Å². The maximum atomic E-state index is 12.3. The molecular formula is C16H20ClN3O3. The molecule has 2 heterocycles. The standard InChI is InChI=1S/C16H20ClN3O3/c17-12-3-1-4-13(11-12)18-16(22)20-8-6-19(7-9-20)15(21)14-5-2-10-23-14/h1,3-4,11,14H,2,5-10H2,(H,18,22). The minimum Gasteiger partial charge on any atom is -0.368 e. The molecule has 6 nitrogen and oxygen atoms in total. The number of ether oxygens (including phenoxy) is 1. The minimum atomic E-state index is -0.290. The van der Waals surface area contributed by atoms with E-state index >= 15 is 0 Å². The second kappa shape index (κ2) is 7.19. The molecule has 1 atom stereocenters. The fraction of sp³-hybridized carbons (Fsp3) is 0.500. The molecule has 2 fully saturated rings. The highest BCUT2D eigenvalue weighted by molar-refractivity contribution is 6.30. The number of carbonyl (C=O) groups excluding carboxylic acids is 2. The van der Waals surface area contributed by atoms with Gasteiger partial charge in [-0.05, 0) is 31.0 Å². The fourth-order valence-electron chi connectivity index (χ4n) is 2.87. The van der Waals surface area contributed by atoms with Crippen LogP contribution in [0.15, 0.2) is 24.3 Å². The molecule has 0 spiro atoms. The van der Waals surface area contributed by atoms with Crippen molar-refractivity contribution in [2.24, 2.45) is 0 Å². The smallest absolute Gasteiger partial charge is 0.321 e. The lowest BCUT2D eigenvalue weighted by atomic mass is 10.2. The van der Waals surface area contributed by atoms with Crippen LogP contribution >= 0.6 is 11.6 Å². The fourth-order valence-corrected chi connectivity index (χ4v) is 3.07. The summed E-state index contributed by atoms with van der Waals surface area (Å²) in [5.41, 5.74) is 0.667. The van der Waals surface area contributed by atoms with Crippen molar-refractivity contribution in [3.05, 3.63) is 29.3 Å². The van der Waals surface area contributed by atoms with Crippen molar-refractivity contribution in [1.29, 1.82) is 0 Å². The van der Waals surface area contributed by atoms with Crippen LogP contribution < -0.4 is 5.32 Å². The molecular weight excluding hydrogens is 318 g/mol. The zero-order valence-corrected chi connectivity index (χ0v) is 13.6. The van der Waals surface area contributed by atoms with E-state index in [0.29, 0.717) is 43.5 Å². The second-order valence-corrected chi connectivity index (χ2v) is 6.19. The zero-order chi connectivity index (χ0) is 16.2. The van der Waals surface area contributed by atoms with Gasteiger partial charge >= 0.3 is 6.03 Å². The van der Waals surface area contributed by atoms with Gasteiger partial charge < -0.3 is 19.9 Å². The number of anilines is 1. The Morgan fingerprint density at radius 2 is 1.91 bits per heavy atom. The molecule has 23 heavy (non-hydrogen) atoms. The van der Waals surface area contributed by atoms with Gasteiger partial charge in [0.15, 0.2) is 0 Å². The minimum absolute atomic E-state index is 0.0531. The van der Waals surface area contributed by atoms with E-state index in [1.807, 2.05) is 0 Å². The van der Waals surface area contributed by atoms with Gasteiger partial charge in [-0.2, -0.15) is 0 Å². The van der Waals surface area contributed by atoms with Gasteiger partial charge in [-0.15, -0.1) is 0 Å². The van der Waals surface area contributed by atoms with Gasteiger partial charge in [-0.1, -0.05) is 17.7 Å². The average molecular weight is 338 g/mol. The summed E-state index contributed by atoms with van der Waals surface area (Å²) in [6.07, 6.45) is 1.45. The molecule has 3 rings (SSSR count). The molecule has 0 aliphatic carbocycles. The van der Waals surface area contributed by atoms with Crippen LogP contribution in [0, 0.1) is 0 Å². The Hall–Kier alpha value is -1.79. The van der Waals surface area contributed by atoms with Crippen LogP contribution in [-0.4, -0.2) is 60.6 Å². The molecule has 0 saturated carbocycles. The molecule has 3 amide bonds. The van der Waals surface area contributed by atoms with E-state index in [0.717, 1.165) is 12.8 Å². The van der Waals surface area contributed by atoms with E-state index < -0.39 is 0 Å². The van der Waals surface area contributed by atoms with Crippen LogP contribution in [0.1, 0.15) is 12.8 Å². The average Bonchev–Trinajstić information content (AvgIpc) is 3.09. The molecule has 124 valence electrons. The number of hydrogen-bond acceptors (Lipinski definition) is 3. The first-order chi connectivity index (χ1) is 11.1. The van der Waals surface area contributed by atoms with Crippen LogP contribution in [0.4, 0.5) is 10.5 Å². The first-order valence-electron chi connectivity index (χ1n) is 7.85. The van der Waals surface area contributed by atoms with E-state index in [4.69, 9.17) is 16.3 Å². The Morgan fingerprint density at radius 3 is 2.57 bits per heavy atom. The third-order valence-electron chi connectivity index (χ3n) is 4.16.